The lowest BCUT2D eigenvalue weighted by Gasteiger charge is -2.05. The molecule has 0 spiro atoms. The molecule has 1 aromatic rings. The Morgan fingerprint density at radius 3 is 2.22 bits per heavy atom. The van der Waals surface area contributed by atoms with Crippen molar-refractivity contribution in [1.29, 1.82) is 0 Å². The number of nitrogens with one attached hydrogen (secondary N) is 1. The topological polar surface area (TPSA) is 46.2 Å². The highest BCUT2D eigenvalue weighted by Crippen LogP contribution is 2.09. The van der Waals surface area contributed by atoms with Crippen molar-refractivity contribution >= 4 is 18.1 Å². The summed E-state index contributed by atoms with van der Waals surface area (Å²) in [7, 11) is -4.87. The molecule has 18 heavy (non-hydrogen) atoms. The van der Waals surface area contributed by atoms with E-state index >= 15 is 0 Å². The molecule has 0 fully saturated rings. The van der Waals surface area contributed by atoms with Crippen LogP contribution in [0.3, 0.4) is 0 Å². The van der Waals surface area contributed by atoms with Gasteiger partial charge in [0.05, 0.1) is 11.4 Å². The van der Waals surface area contributed by atoms with Crippen LogP contribution in [0.2, 0.25) is 19.6 Å². The maximum absolute atomic E-state index is 11.9. The summed E-state index contributed by atoms with van der Waals surface area (Å²) >= 11 is 0. The second kappa shape index (κ2) is 5.70. The van der Waals surface area contributed by atoms with Gasteiger partial charge >= 0.3 is 0 Å². The number of hydrogen-bond donors (Lipinski definition) is 1. The number of hydrogen-bond acceptors (Lipinski definition) is 2. The van der Waals surface area contributed by atoms with Gasteiger partial charge in [-0.3, -0.25) is 0 Å². The molecule has 0 aliphatic carbocycles. The van der Waals surface area contributed by atoms with E-state index in [4.69, 9.17) is 0 Å². The van der Waals surface area contributed by atoms with Gasteiger partial charge in [0.2, 0.25) is 10.0 Å². The average Bonchev–Trinajstić information content (AvgIpc) is 2.24. The van der Waals surface area contributed by atoms with Gasteiger partial charge in [-0.1, -0.05) is 43.3 Å². The fraction of sp³-hybridized carbons (Fsp3) is 0.385. The third-order valence-corrected chi connectivity index (χ3v) is 4.49. The fourth-order valence-corrected chi connectivity index (χ4v) is 2.78. The lowest BCUT2D eigenvalue weighted by Crippen LogP contribution is -2.25. The highest BCUT2D eigenvalue weighted by Gasteiger charge is 2.12. The minimum absolute atomic E-state index is 0.167. The minimum Gasteiger partial charge on any atom is -0.207 e. The maximum atomic E-state index is 11.9. The van der Waals surface area contributed by atoms with Crippen LogP contribution in [0.25, 0.3) is 0 Å². The monoisotopic (exact) mass is 281 g/mol. The van der Waals surface area contributed by atoms with Crippen molar-refractivity contribution in [1.82, 2.24) is 4.72 Å². The normalized spacial score (nSPS) is 11.8. The summed E-state index contributed by atoms with van der Waals surface area (Å²) in [5.41, 5.74) is 4.15. The van der Waals surface area contributed by atoms with Crippen LogP contribution < -0.4 is 4.72 Å². The summed E-state index contributed by atoms with van der Waals surface area (Å²) in [6.45, 7) is 8.45. The maximum Gasteiger partial charge on any atom is 0.241 e. The van der Waals surface area contributed by atoms with Gasteiger partial charge < -0.3 is 0 Å². The predicted molar refractivity (Wildman–Crippen MR) is 77.5 cm³/mol. The molecule has 0 atom stereocenters. The molecule has 1 rings (SSSR count). The van der Waals surface area contributed by atoms with Gasteiger partial charge in [-0.15, -0.1) is 5.54 Å². The van der Waals surface area contributed by atoms with Crippen LogP contribution >= 0.6 is 0 Å². The van der Waals surface area contributed by atoms with E-state index in [9.17, 15) is 8.42 Å². The largest absolute Gasteiger partial charge is 0.241 e. The highest BCUT2D eigenvalue weighted by atomic mass is 32.2. The summed E-state index contributed by atoms with van der Waals surface area (Å²) in [6.07, 6.45) is 0. The molecule has 0 aliphatic heterocycles. The van der Waals surface area contributed by atoms with E-state index in [2.05, 4.69) is 35.8 Å². The first kappa shape index (κ1) is 15.0. The molecule has 98 valence electrons. The number of sulfonamides is 1. The molecule has 0 saturated carbocycles. The first-order chi connectivity index (χ1) is 8.21. The zero-order chi connectivity index (χ0) is 13.8. The molecule has 0 aromatic heterocycles. The second-order valence-corrected chi connectivity index (χ2v) is 11.7. The fourth-order valence-electron chi connectivity index (χ4n) is 1.24. The standard InChI is InChI=1S/C13H19NO2SSi/c1-12-6-8-13(9-7-12)17(15,16)14-10-5-11-18(2,3)4/h6-9,14H,10H2,1-4H3. The molecule has 5 heteroatoms. The molecule has 0 amide bonds. The highest BCUT2D eigenvalue weighted by molar-refractivity contribution is 7.89. The van der Waals surface area contributed by atoms with Crippen LogP contribution in [0.4, 0.5) is 0 Å². The van der Waals surface area contributed by atoms with E-state index in [1.807, 2.05) is 6.92 Å². The van der Waals surface area contributed by atoms with Gasteiger partial charge in [0, 0.05) is 0 Å². The van der Waals surface area contributed by atoms with Crippen LogP contribution in [0.1, 0.15) is 5.56 Å². The summed E-state index contributed by atoms with van der Waals surface area (Å²) in [5, 5.41) is 0. The third kappa shape index (κ3) is 5.04. The summed E-state index contributed by atoms with van der Waals surface area (Å²) in [4.78, 5) is 0.280. The summed E-state index contributed by atoms with van der Waals surface area (Å²) in [5.74, 6) is 2.88. The van der Waals surface area contributed by atoms with E-state index in [1.165, 1.54) is 0 Å². The SMILES string of the molecule is Cc1ccc(S(=O)(=O)NCC#C[Si](C)(C)C)cc1. The van der Waals surface area contributed by atoms with E-state index in [0.29, 0.717) is 0 Å². The van der Waals surface area contributed by atoms with E-state index < -0.39 is 18.1 Å². The van der Waals surface area contributed by atoms with E-state index in [0.717, 1.165) is 5.56 Å². The van der Waals surface area contributed by atoms with Crippen molar-refractivity contribution in [2.75, 3.05) is 6.54 Å². The molecule has 0 unspecified atom stereocenters. The third-order valence-electron chi connectivity index (χ3n) is 2.15. The van der Waals surface area contributed by atoms with Gasteiger partial charge in [0.15, 0.2) is 0 Å². The molecule has 3 nitrogen and oxygen atoms in total. The van der Waals surface area contributed by atoms with Crippen molar-refractivity contribution in [3.63, 3.8) is 0 Å². The molecule has 0 heterocycles. The first-order valence-electron chi connectivity index (χ1n) is 5.77. The zero-order valence-corrected chi connectivity index (χ0v) is 13.1. The Morgan fingerprint density at radius 1 is 1.17 bits per heavy atom. The van der Waals surface area contributed by atoms with Crippen molar-refractivity contribution in [2.45, 2.75) is 31.5 Å². The summed E-state index contributed by atoms with van der Waals surface area (Å²) < 4.78 is 26.3. The Morgan fingerprint density at radius 2 is 1.72 bits per heavy atom. The van der Waals surface area contributed by atoms with Gasteiger partial charge in [0.1, 0.15) is 8.07 Å². The molecule has 0 saturated heterocycles. The number of rotatable bonds is 3. The molecular formula is C13H19NO2SSi. The lowest BCUT2D eigenvalue weighted by molar-refractivity contribution is 0.586. The van der Waals surface area contributed by atoms with Crippen LogP contribution in [0.5, 0.6) is 0 Å². The van der Waals surface area contributed by atoms with Crippen molar-refractivity contribution in [3.8, 4) is 11.5 Å². The van der Waals surface area contributed by atoms with Gasteiger partial charge in [-0.2, -0.15) is 4.72 Å². The smallest absolute Gasteiger partial charge is 0.207 e. The number of aryl methyl sites for hydroxylation is 1. The molecular weight excluding hydrogens is 262 g/mol. The van der Waals surface area contributed by atoms with Gasteiger partial charge in [-0.05, 0) is 19.1 Å². The Labute approximate surface area is 111 Å². The number of benzene rings is 1. The van der Waals surface area contributed by atoms with Crippen molar-refractivity contribution < 1.29 is 8.42 Å². The van der Waals surface area contributed by atoms with E-state index in [1.54, 1.807) is 24.3 Å². The Bertz CT molecular complexity index is 560. The molecule has 0 radical (unpaired) electrons. The zero-order valence-electron chi connectivity index (χ0n) is 11.2. The molecule has 1 aromatic carbocycles. The van der Waals surface area contributed by atoms with Gasteiger partial charge in [-0.25, -0.2) is 8.42 Å². The lowest BCUT2D eigenvalue weighted by atomic mass is 10.2. The van der Waals surface area contributed by atoms with Crippen LogP contribution in [-0.4, -0.2) is 23.0 Å². The summed E-state index contributed by atoms with van der Waals surface area (Å²) in [6, 6.07) is 6.76. The Kier molecular flexibility index (Phi) is 4.74. The average molecular weight is 281 g/mol. The van der Waals surface area contributed by atoms with Crippen molar-refractivity contribution in [3.05, 3.63) is 29.8 Å². The minimum atomic E-state index is -3.43. The van der Waals surface area contributed by atoms with E-state index in [-0.39, 0.29) is 11.4 Å². The second-order valence-electron chi connectivity index (χ2n) is 5.19. The van der Waals surface area contributed by atoms with Crippen LogP contribution in [-0.2, 0) is 10.0 Å². The predicted octanol–water partition coefficient (Wildman–Crippen LogP) is 2.15. The first-order valence-corrected chi connectivity index (χ1v) is 10.8. The molecule has 1 N–H and O–H groups in total. The Hall–Kier alpha value is -1.09. The Balaban J connectivity index is 2.71. The van der Waals surface area contributed by atoms with Crippen LogP contribution in [0.15, 0.2) is 29.2 Å². The molecule has 0 bridgehead atoms. The quantitative estimate of drug-likeness (QED) is 0.681. The molecule has 0 aliphatic rings. The van der Waals surface area contributed by atoms with Crippen molar-refractivity contribution in [2.24, 2.45) is 0 Å². The van der Waals surface area contributed by atoms with Gasteiger partial charge in [0.25, 0.3) is 0 Å². The van der Waals surface area contributed by atoms with Crippen LogP contribution in [0, 0.1) is 18.4 Å².